The highest BCUT2D eigenvalue weighted by Gasteiger charge is 2.29. The standard InChI is InChI=1S/C26H19FN2O5/c27-22-14-16(25(32)28-13-5-10-24(30)31)11-12-23(22)29-26(33)34-15-21-19-8-3-1-6-17(19)18-7-2-4-9-20(18)21/h1-4,6-9,11-12,14,21H,13,15H2,(H,28,32)(H,29,33)(H,30,31). The maximum atomic E-state index is 14.4. The zero-order valence-corrected chi connectivity index (χ0v) is 17.8. The second-order valence-corrected chi connectivity index (χ2v) is 7.43. The number of hydrogen-bond acceptors (Lipinski definition) is 4. The van der Waals surface area contributed by atoms with Gasteiger partial charge in [0.25, 0.3) is 5.91 Å². The number of halogens is 1. The topological polar surface area (TPSA) is 105 Å². The summed E-state index contributed by atoms with van der Waals surface area (Å²) in [6.07, 6.45) is -0.818. The second kappa shape index (κ2) is 9.88. The zero-order valence-electron chi connectivity index (χ0n) is 17.8. The van der Waals surface area contributed by atoms with Crippen LogP contribution in [0.15, 0.2) is 66.7 Å². The maximum Gasteiger partial charge on any atom is 0.411 e. The summed E-state index contributed by atoms with van der Waals surface area (Å²) in [6, 6.07) is 19.4. The Balaban J connectivity index is 1.37. The van der Waals surface area contributed by atoms with E-state index in [9.17, 15) is 18.8 Å². The van der Waals surface area contributed by atoms with Gasteiger partial charge in [0, 0.05) is 17.4 Å². The van der Waals surface area contributed by atoms with Crippen molar-refractivity contribution < 1.29 is 28.6 Å². The number of benzene rings is 3. The smallest absolute Gasteiger partial charge is 0.411 e. The number of aliphatic carboxylic acids is 1. The summed E-state index contributed by atoms with van der Waals surface area (Å²) >= 11 is 0. The molecule has 1 aliphatic carbocycles. The first kappa shape index (κ1) is 22.6. The Labute approximate surface area is 194 Å². The van der Waals surface area contributed by atoms with E-state index in [0.717, 1.165) is 28.3 Å². The van der Waals surface area contributed by atoms with Crippen LogP contribution in [0.1, 0.15) is 27.4 Å². The first-order valence-corrected chi connectivity index (χ1v) is 10.4. The van der Waals surface area contributed by atoms with Gasteiger partial charge < -0.3 is 15.2 Å². The van der Waals surface area contributed by atoms with Crippen molar-refractivity contribution in [2.75, 3.05) is 18.5 Å². The fraction of sp³-hybridized carbons (Fsp3) is 0.115. The van der Waals surface area contributed by atoms with Crippen molar-refractivity contribution in [1.82, 2.24) is 5.32 Å². The first-order valence-electron chi connectivity index (χ1n) is 10.4. The average molecular weight is 458 g/mol. The Hall–Kier alpha value is -4.64. The Morgan fingerprint density at radius 2 is 1.62 bits per heavy atom. The molecule has 7 nitrogen and oxygen atoms in total. The van der Waals surface area contributed by atoms with E-state index in [2.05, 4.69) is 16.6 Å². The molecule has 3 aromatic rings. The molecule has 0 fully saturated rings. The molecule has 0 saturated heterocycles. The quantitative estimate of drug-likeness (QED) is 0.502. The van der Waals surface area contributed by atoms with Crippen molar-refractivity contribution in [3.63, 3.8) is 0 Å². The van der Waals surface area contributed by atoms with Gasteiger partial charge in [-0.2, -0.15) is 0 Å². The molecule has 170 valence electrons. The molecule has 0 atom stereocenters. The van der Waals surface area contributed by atoms with Gasteiger partial charge in [-0.15, -0.1) is 0 Å². The van der Waals surface area contributed by atoms with Crippen LogP contribution < -0.4 is 10.6 Å². The number of rotatable bonds is 5. The van der Waals surface area contributed by atoms with Crippen molar-refractivity contribution in [3.8, 4) is 23.0 Å². The molecule has 1 aliphatic rings. The van der Waals surface area contributed by atoms with Crippen molar-refractivity contribution in [2.24, 2.45) is 0 Å². The normalized spacial score (nSPS) is 11.4. The van der Waals surface area contributed by atoms with Gasteiger partial charge in [-0.05, 0) is 40.5 Å². The predicted octanol–water partition coefficient (Wildman–Crippen LogP) is 4.00. The van der Waals surface area contributed by atoms with Gasteiger partial charge >= 0.3 is 12.1 Å². The van der Waals surface area contributed by atoms with Crippen LogP contribution in [0.5, 0.6) is 0 Å². The minimum absolute atomic E-state index is 0.00675. The number of amides is 2. The van der Waals surface area contributed by atoms with E-state index in [1.807, 2.05) is 54.5 Å². The molecule has 2 amide bonds. The summed E-state index contributed by atoms with van der Waals surface area (Å²) in [4.78, 5) is 34.7. The number of carboxylic acids is 1. The number of hydrogen-bond donors (Lipinski definition) is 3. The van der Waals surface area contributed by atoms with Crippen LogP contribution in [-0.2, 0) is 9.53 Å². The van der Waals surface area contributed by atoms with Crippen molar-refractivity contribution in [1.29, 1.82) is 0 Å². The van der Waals surface area contributed by atoms with Gasteiger partial charge in [-0.25, -0.2) is 14.0 Å². The van der Waals surface area contributed by atoms with Crippen LogP contribution in [0.4, 0.5) is 14.9 Å². The van der Waals surface area contributed by atoms with Crippen LogP contribution in [0.25, 0.3) is 11.1 Å². The van der Waals surface area contributed by atoms with E-state index in [4.69, 9.17) is 9.84 Å². The van der Waals surface area contributed by atoms with Gasteiger partial charge in [-0.1, -0.05) is 54.5 Å². The molecular weight excluding hydrogens is 439 g/mol. The van der Waals surface area contributed by atoms with Gasteiger partial charge in [0.1, 0.15) is 12.4 Å². The molecule has 0 saturated carbocycles. The molecule has 0 spiro atoms. The van der Waals surface area contributed by atoms with E-state index in [0.29, 0.717) is 0 Å². The Kier molecular flexibility index (Phi) is 6.55. The minimum atomic E-state index is -1.32. The summed E-state index contributed by atoms with van der Waals surface area (Å²) in [5, 5.41) is 13.2. The summed E-state index contributed by atoms with van der Waals surface area (Å²) in [6.45, 7) is -0.119. The number of fused-ring (bicyclic) bond motifs is 3. The van der Waals surface area contributed by atoms with Crippen molar-refractivity contribution in [2.45, 2.75) is 5.92 Å². The summed E-state index contributed by atoms with van der Waals surface area (Å²) in [7, 11) is 0. The second-order valence-electron chi connectivity index (χ2n) is 7.43. The lowest BCUT2D eigenvalue weighted by Gasteiger charge is -2.15. The average Bonchev–Trinajstić information content (AvgIpc) is 3.15. The van der Waals surface area contributed by atoms with Crippen molar-refractivity contribution in [3.05, 3.63) is 89.2 Å². The summed E-state index contributed by atoms with van der Waals surface area (Å²) in [5.41, 5.74) is 4.17. The predicted molar refractivity (Wildman–Crippen MR) is 123 cm³/mol. The zero-order chi connectivity index (χ0) is 24.1. The van der Waals surface area contributed by atoms with E-state index < -0.39 is 23.8 Å². The number of anilines is 1. The SMILES string of the molecule is O=C(O)C#CCNC(=O)c1ccc(NC(=O)OCC2c3ccccc3-c3ccccc32)c(F)c1. The van der Waals surface area contributed by atoms with Gasteiger partial charge in [0.2, 0.25) is 0 Å². The Morgan fingerprint density at radius 1 is 0.971 bits per heavy atom. The number of carbonyl (C=O) groups excluding carboxylic acids is 2. The van der Waals surface area contributed by atoms with Gasteiger partial charge in [0.15, 0.2) is 0 Å². The number of carbonyl (C=O) groups is 3. The maximum absolute atomic E-state index is 14.4. The molecule has 0 bridgehead atoms. The molecule has 0 aromatic heterocycles. The molecule has 8 heteroatoms. The molecule has 0 heterocycles. The third-order valence-electron chi connectivity index (χ3n) is 5.34. The van der Waals surface area contributed by atoms with Crippen LogP contribution in [0, 0.1) is 17.7 Å². The largest absolute Gasteiger partial charge is 0.472 e. The fourth-order valence-corrected chi connectivity index (χ4v) is 3.85. The van der Waals surface area contributed by atoms with Crippen molar-refractivity contribution >= 4 is 23.7 Å². The first-order chi connectivity index (χ1) is 16.4. The number of ether oxygens (including phenoxy) is 1. The molecule has 3 aromatic carbocycles. The monoisotopic (exact) mass is 458 g/mol. The van der Waals surface area contributed by atoms with Crippen LogP contribution in [0.3, 0.4) is 0 Å². The van der Waals surface area contributed by atoms with E-state index >= 15 is 0 Å². The molecule has 0 radical (unpaired) electrons. The van der Waals surface area contributed by atoms with E-state index in [-0.39, 0.29) is 30.3 Å². The molecule has 34 heavy (non-hydrogen) atoms. The number of carboxylic acid groups (broad SMARTS) is 1. The highest BCUT2D eigenvalue weighted by molar-refractivity contribution is 5.95. The third kappa shape index (κ3) is 4.89. The Bertz CT molecular complexity index is 1300. The van der Waals surface area contributed by atoms with Gasteiger partial charge in [-0.3, -0.25) is 10.1 Å². The fourth-order valence-electron chi connectivity index (χ4n) is 3.85. The van der Waals surface area contributed by atoms with Crippen LogP contribution >= 0.6 is 0 Å². The lowest BCUT2D eigenvalue weighted by molar-refractivity contribution is -0.130. The van der Waals surface area contributed by atoms with E-state index in [1.54, 1.807) is 0 Å². The lowest BCUT2D eigenvalue weighted by atomic mass is 9.98. The van der Waals surface area contributed by atoms with Crippen LogP contribution in [-0.4, -0.2) is 36.2 Å². The van der Waals surface area contributed by atoms with Crippen LogP contribution in [0.2, 0.25) is 0 Å². The molecule has 3 N–H and O–H groups in total. The van der Waals surface area contributed by atoms with E-state index in [1.165, 1.54) is 12.1 Å². The highest BCUT2D eigenvalue weighted by atomic mass is 19.1. The summed E-state index contributed by atoms with van der Waals surface area (Å²) < 4.78 is 19.8. The summed E-state index contributed by atoms with van der Waals surface area (Å²) in [5.74, 6) is 1.20. The molecule has 4 rings (SSSR count). The third-order valence-corrected chi connectivity index (χ3v) is 5.34. The Morgan fingerprint density at radius 3 is 2.24 bits per heavy atom. The highest BCUT2D eigenvalue weighted by Crippen LogP contribution is 2.44. The molecular formula is C26H19FN2O5. The number of nitrogens with one attached hydrogen (secondary N) is 2. The minimum Gasteiger partial charge on any atom is -0.472 e. The lowest BCUT2D eigenvalue weighted by Crippen LogP contribution is -2.24. The molecule has 0 aliphatic heterocycles. The molecule has 0 unspecified atom stereocenters. The van der Waals surface area contributed by atoms with Gasteiger partial charge in [0.05, 0.1) is 12.2 Å².